The molecule has 1 aromatic carbocycles. The molecule has 0 bridgehead atoms. The van der Waals surface area contributed by atoms with Crippen LogP contribution >= 0.6 is 0 Å². The van der Waals surface area contributed by atoms with Crippen LogP contribution in [0.25, 0.3) is 0 Å². The number of carbonyl (C=O) groups excluding carboxylic acids is 2. The number of carboxylic acids is 2. The van der Waals surface area contributed by atoms with E-state index in [4.69, 9.17) is 25.5 Å². The predicted octanol–water partition coefficient (Wildman–Crippen LogP) is 1.61. The van der Waals surface area contributed by atoms with Gasteiger partial charge in [0.25, 0.3) is 0 Å². The van der Waals surface area contributed by atoms with Crippen molar-refractivity contribution in [3.8, 4) is 5.75 Å². The van der Waals surface area contributed by atoms with Crippen LogP contribution in [0.2, 0.25) is 0 Å². The molecule has 0 aliphatic carbocycles. The Balaban J connectivity index is 0.000000887. The monoisotopic (exact) mass is 406 g/mol. The first kappa shape index (κ1) is 25.4. The van der Waals surface area contributed by atoms with E-state index in [2.05, 4.69) is 0 Å². The molecule has 0 aliphatic rings. The van der Waals surface area contributed by atoms with Crippen molar-refractivity contribution in [1.29, 1.82) is 0 Å². The molecular formula is C18H23F3NO6-. The molecule has 0 unspecified atom stereocenters. The second-order valence-electron chi connectivity index (χ2n) is 6.71. The van der Waals surface area contributed by atoms with Crippen LogP contribution in [0, 0.1) is 13.8 Å². The summed E-state index contributed by atoms with van der Waals surface area (Å²) in [5.41, 5.74) is 7.34. The number of benzene rings is 1. The van der Waals surface area contributed by atoms with Crippen LogP contribution in [0.4, 0.5) is 13.2 Å². The van der Waals surface area contributed by atoms with Crippen molar-refractivity contribution in [1.82, 2.24) is 0 Å². The lowest BCUT2D eigenvalue weighted by molar-refractivity contribution is -0.344. The zero-order valence-corrected chi connectivity index (χ0v) is 16.0. The minimum Gasteiger partial charge on any atom is -0.542 e. The highest BCUT2D eigenvalue weighted by atomic mass is 19.4. The van der Waals surface area contributed by atoms with E-state index in [1.165, 1.54) is 0 Å². The van der Waals surface area contributed by atoms with Crippen molar-refractivity contribution in [2.24, 2.45) is 5.73 Å². The highest BCUT2D eigenvalue weighted by Crippen LogP contribution is 2.38. The second-order valence-corrected chi connectivity index (χ2v) is 6.71. The second kappa shape index (κ2) is 10.1. The Hall–Kier alpha value is -2.62. The standard InChI is InChI=1S/C16H23NO4.C2HF3O2/c1-10-7-11(2)15(16(3,4)9-13(18)19)12(8-10)21-14(20)5-6-17;3-2(4,5)1(6)7/h7-8H,5-6,9,17H2,1-4H3,(H,18,19);(H,6,7)/p-1. The molecule has 1 rings (SSSR count). The number of alkyl halides is 3. The number of nitrogens with two attached hydrogens (primary N) is 1. The molecule has 0 heterocycles. The quantitative estimate of drug-likeness (QED) is 0.542. The van der Waals surface area contributed by atoms with Crippen LogP contribution in [-0.4, -0.2) is 35.7 Å². The molecule has 0 spiro atoms. The average Bonchev–Trinajstić information content (AvgIpc) is 2.44. The molecule has 0 saturated carbocycles. The first-order valence-corrected chi connectivity index (χ1v) is 8.14. The Morgan fingerprint density at radius 3 is 2.07 bits per heavy atom. The van der Waals surface area contributed by atoms with Gasteiger partial charge in [-0.1, -0.05) is 19.9 Å². The smallest absolute Gasteiger partial charge is 0.430 e. The van der Waals surface area contributed by atoms with E-state index < -0.39 is 29.5 Å². The number of carbonyl (C=O) groups is 3. The van der Waals surface area contributed by atoms with Gasteiger partial charge in [-0.05, 0) is 31.0 Å². The lowest BCUT2D eigenvalue weighted by Gasteiger charge is -2.28. The summed E-state index contributed by atoms with van der Waals surface area (Å²) in [4.78, 5) is 31.6. The molecule has 1 aromatic rings. The summed E-state index contributed by atoms with van der Waals surface area (Å²) in [6, 6.07) is 3.72. The number of ether oxygens (including phenoxy) is 1. The van der Waals surface area contributed by atoms with Gasteiger partial charge < -0.3 is 25.5 Å². The van der Waals surface area contributed by atoms with E-state index in [1.807, 2.05) is 33.8 Å². The van der Waals surface area contributed by atoms with Crippen LogP contribution in [0.3, 0.4) is 0 Å². The number of aryl methyl sites for hydroxylation is 2. The molecule has 7 nitrogen and oxygen atoms in total. The Bertz CT molecular complexity index is 729. The fraction of sp³-hybridized carbons (Fsp3) is 0.500. The third kappa shape index (κ3) is 8.38. The van der Waals surface area contributed by atoms with E-state index in [0.717, 1.165) is 16.7 Å². The normalized spacial score (nSPS) is 11.3. The first-order chi connectivity index (χ1) is 12.6. The zero-order valence-electron chi connectivity index (χ0n) is 16.0. The van der Waals surface area contributed by atoms with Gasteiger partial charge in [0, 0.05) is 17.5 Å². The molecule has 3 N–H and O–H groups in total. The summed E-state index contributed by atoms with van der Waals surface area (Å²) in [6.07, 6.45) is -5.11. The van der Waals surface area contributed by atoms with Crippen LogP contribution in [0.15, 0.2) is 12.1 Å². The third-order valence-corrected chi connectivity index (χ3v) is 3.52. The van der Waals surface area contributed by atoms with Crippen molar-refractivity contribution in [2.45, 2.75) is 52.1 Å². The lowest BCUT2D eigenvalue weighted by Crippen LogP contribution is -2.37. The summed E-state index contributed by atoms with van der Waals surface area (Å²) < 4.78 is 37.0. The zero-order chi connectivity index (χ0) is 22.3. The van der Waals surface area contributed by atoms with E-state index >= 15 is 0 Å². The molecule has 0 atom stereocenters. The molecule has 10 heteroatoms. The summed E-state index contributed by atoms with van der Waals surface area (Å²) >= 11 is 0. The molecule has 0 amide bonds. The average molecular weight is 406 g/mol. The van der Waals surface area contributed by atoms with Crippen LogP contribution in [0.1, 0.15) is 43.4 Å². The van der Waals surface area contributed by atoms with Gasteiger partial charge in [-0.3, -0.25) is 9.59 Å². The first-order valence-electron chi connectivity index (χ1n) is 8.14. The third-order valence-electron chi connectivity index (χ3n) is 3.52. The summed E-state index contributed by atoms with van der Waals surface area (Å²) in [5.74, 6) is -3.88. The van der Waals surface area contributed by atoms with Gasteiger partial charge >= 0.3 is 18.1 Å². The van der Waals surface area contributed by atoms with E-state index in [-0.39, 0.29) is 19.4 Å². The van der Waals surface area contributed by atoms with Gasteiger partial charge in [0.05, 0.1) is 12.8 Å². The summed E-state index contributed by atoms with van der Waals surface area (Å²) in [6.45, 7) is 7.68. The largest absolute Gasteiger partial charge is 0.542 e. The Morgan fingerprint density at radius 2 is 1.68 bits per heavy atom. The Kier molecular flexibility index (Phi) is 9.13. The van der Waals surface area contributed by atoms with E-state index in [9.17, 15) is 22.8 Å². The van der Waals surface area contributed by atoms with E-state index in [1.54, 1.807) is 6.07 Å². The maximum absolute atomic E-state index is 11.7. The molecule has 0 saturated heterocycles. The number of hydrogen-bond acceptors (Lipinski definition) is 6. The summed E-state index contributed by atoms with van der Waals surface area (Å²) in [7, 11) is 0. The van der Waals surface area contributed by atoms with Crippen LogP contribution in [-0.2, 0) is 19.8 Å². The predicted molar refractivity (Wildman–Crippen MR) is 91.6 cm³/mol. The van der Waals surface area contributed by atoms with Crippen molar-refractivity contribution in [3.05, 3.63) is 28.8 Å². The van der Waals surface area contributed by atoms with Crippen LogP contribution < -0.4 is 15.6 Å². The highest BCUT2D eigenvalue weighted by Gasteiger charge is 2.30. The minimum atomic E-state index is -5.19. The van der Waals surface area contributed by atoms with Gasteiger partial charge in [0.1, 0.15) is 11.7 Å². The fourth-order valence-electron chi connectivity index (χ4n) is 2.63. The maximum Gasteiger partial charge on any atom is 0.430 e. The number of carboxylic acid groups (broad SMARTS) is 2. The number of esters is 1. The lowest BCUT2D eigenvalue weighted by atomic mass is 9.78. The molecule has 158 valence electrons. The molecule has 0 aliphatic heterocycles. The van der Waals surface area contributed by atoms with Crippen molar-refractivity contribution >= 4 is 17.9 Å². The number of halogens is 3. The van der Waals surface area contributed by atoms with Gasteiger partial charge in [-0.25, -0.2) is 0 Å². The summed E-state index contributed by atoms with van der Waals surface area (Å²) in [5, 5.41) is 17.9. The number of aliphatic carboxylic acids is 2. The Morgan fingerprint density at radius 1 is 1.18 bits per heavy atom. The number of rotatable bonds is 6. The van der Waals surface area contributed by atoms with Gasteiger partial charge in [-0.2, -0.15) is 13.2 Å². The van der Waals surface area contributed by atoms with Crippen molar-refractivity contribution < 1.29 is 42.5 Å². The van der Waals surface area contributed by atoms with E-state index in [0.29, 0.717) is 5.75 Å². The van der Waals surface area contributed by atoms with Gasteiger partial charge in [-0.15, -0.1) is 0 Å². The SMILES string of the molecule is Cc1cc(C)c(C(C)(C)CC(=O)O)c(OC(=O)CCN)c1.O=C([O-])C(F)(F)F. The molecule has 28 heavy (non-hydrogen) atoms. The Labute approximate surface area is 160 Å². The maximum atomic E-state index is 11.7. The van der Waals surface area contributed by atoms with Gasteiger partial charge in [0.15, 0.2) is 0 Å². The molecule has 0 aromatic heterocycles. The van der Waals surface area contributed by atoms with Gasteiger partial charge in [0.2, 0.25) is 0 Å². The molecule has 0 radical (unpaired) electrons. The minimum absolute atomic E-state index is 0.0433. The van der Waals surface area contributed by atoms with Crippen LogP contribution in [0.5, 0.6) is 5.75 Å². The highest BCUT2D eigenvalue weighted by molar-refractivity contribution is 5.74. The fourth-order valence-corrected chi connectivity index (χ4v) is 2.63. The number of hydrogen-bond donors (Lipinski definition) is 2. The molecular weight excluding hydrogens is 383 g/mol. The topological polar surface area (TPSA) is 130 Å². The van der Waals surface area contributed by atoms with Crippen molar-refractivity contribution in [2.75, 3.05) is 6.54 Å². The van der Waals surface area contributed by atoms with Crippen molar-refractivity contribution in [3.63, 3.8) is 0 Å². The molecule has 0 fully saturated rings.